The first-order chi connectivity index (χ1) is 15.0. The molecule has 3 aromatic heterocycles. The Morgan fingerprint density at radius 1 is 1.26 bits per heavy atom. The highest BCUT2D eigenvalue weighted by molar-refractivity contribution is 9.10. The van der Waals surface area contributed by atoms with Gasteiger partial charge in [-0.05, 0) is 31.0 Å². The van der Waals surface area contributed by atoms with Crippen LogP contribution in [0.25, 0.3) is 21.3 Å². The first kappa shape index (κ1) is 21.2. The molecule has 0 radical (unpaired) electrons. The Morgan fingerprint density at radius 3 is 2.87 bits per heavy atom. The molecular formula is C20H17BrFN5O3S. The number of anilines is 1. The Labute approximate surface area is 189 Å². The number of aromatic hydroxyl groups is 1. The number of nitrogens with one attached hydrogen (secondary N) is 1. The second kappa shape index (κ2) is 9.40. The van der Waals surface area contributed by atoms with Gasteiger partial charge in [-0.15, -0.1) is 11.3 Å². The van der Waals surface area contributed by atoms with Crippen LogP contribution in [-0.4, -0.2) is 38.4 Å². The van der Waals surface area contributed by atoms with Gasteiger partial charge in [0.25, 0.3) is 0 Å². The molecule has 8 nitrogen and oxygen atoms in total. The number of hydrogen-bond acceptors (Lipinski definition) is 9. The Kier molecular flexibility index (Phi) is 6.42. The summed E-state index contributed by atoms with van der Waals surface area (Å²) in [5.74, 6) is 1.18. The first-order valence-electron chi connectivity index (χ1n) is 9.33. The zero-order valence-electron chi connectivity index (χ0n) is 16.3. The van der Waals surface area contributed by atoms with E-state index in [0.29, 0.717) is 51.7 Å². The summed E-state index contributed by atoms with van der Waals surface area (Å²) >= 11 is 4.62. The molecule has 0 atom stereocenters. The van der Waals surface area contributed by atoms with Crippen molar-refractivity contribution in [3.63, 3.8) is 0 Å². The van der Waals surface area contributed by atoms with Crippen molar-refractivity contribution in [2.75, 3.05) is 18.5 Å². The first-order valence-corrected chi connectivity index (χ1v) is 10.9. The van der Waals surface area contributed by atoms with Crippen molar-refractivity contribution in [3.05, 3.63) is 52.5 Å². The summed E-state index contributed by atoms with van der Waals surface area (Å²) in [6, 6.07) is 8.66. The summed E-state index contributed by atoms with van der Waals surface area (Å²) < 4.78 is 25.0. The van der Waals surface area contributed by atoms with Crippen molar-refractivity contribution in [2.45, 2.75) is 13.3 Å². The number of benzene rings is 1. The highest BCUT2D eigenvalue weighted by Gasteiger charge is 2.19. The fourth-order valence-electron chi connectivity index (χ4n) is 2.87. The largest absolute Gasteiger partial charge is 0.492 e. The number of halogens is 2. The van der Waals surface area contributed by atoms with Crippen LogP contribution in [0.4, 0.5) is 10.2 Å². The summed E-state index contributed by atoms with van der Waals surface area (Å²) in [7, 11) is 0. The van der Waals surface area contributed by atoms with Crippen molar-refractivity contribution in [2.24, 2.45) is 0 Å². The maximum absolute atomic E-state index is 14.0. The smallest absolute Gasteiger partial charge is 0.415 e. The average molecular weight is 506 g/mol. The number of hydrogen-bond donors (Lipinski definition) is 2. The molecule has 4 rings (SSSR count). The van der Waals surface area contributed by atoms with Crippen LogP contribution < -0.4 is 10.1 Å². The SMILES string of the molecule is CCOc1cc(-c2cc(NCCc3ccc(Br)cc3F)ncn2)sc1-c1noc(O)n1. The number of ether oxygens (including phenoxy) is 1. The van der Waals surface area contributed by atoms with Crippen LogP contribution in [0.1, 0.15) is 12.5 Å². The second-order valence-electron chi connectivity index (χ2n) is 6.34. The van der Waals surface area contributed by atoms with Crippen LogP contribution in [0.3, 0.4) is 0 Å². The fraction of sp³-hybridized carbons (Fsp3) is 0.200. The lowest BCUT2D eigenvalue weighted by Crippen LogP contribution is -2.07. The molecule has 11 heteroatoms. The van der Waals surface area contributed by atoms with Gasteiger partial charge in [-0.25, -0.2) is 14.4 Å². The average Bonchev–Trinajstić information content (AvgIpc) is 3.36. The lowest BCUT2D eigenvalue weighted by atomic mass is 10.1. The highest BCUT2D eigenvalue weighted by atomic mass is 79.9. The van der Waals surface area contributed by atoms with E-state index in [1.54, 1.807) is 12.1 Å². The van der Waals surface area contributed by atoms with Gasteiger partial charge in [0.15, 0.2) is 0 Å². The van der Waals surface area contributed by atoms with E-state index in [1.165, 1.54) is 23.7 Å². The molecule has 0 saturated carbocycles. The van der Waals surface area contributed by atoms with Gasteiger partial charge in [-0.1, -0.05) is 27.2 Å². The Hall–Kier alpha value is -3.05. The molecule has 0 bridgehead atoms. The molecule has 0 aliphatic carbocycles. The number of rotatable bonds is 8. The molecule has 160 valence electrons. The van der Waals surface area contributed by atoms with Crippen molar-refractivity contribution in [3.8, 4) is 33.1 Å². The van der Waals surface area contributed by atoms with E-state index >= 15 is 0 Å². The molecule has 3 heterocycles. The van der Waals surface area contributed by atoms with Crippen LogP contribution in [0.15, 0.2) is 45.7 Å². The number of nitrogens with zero attached hydrogens (tertiary/aromatic N) is 4. The van der Waals surface area contributed by atoms with Crippen LogP contribution in [0, 0.1) is 5.82 Å². The Bertz CT molecular complexity index is 1200. The molecule has 0 saturated heterocycles. The predicted molar refractivity (Wildman–Crippen MR) is 118 cm³/mol. The lowest BCUT2D eigenvalue weighted by Gasteiger charge is -2.07. The molecular weight excluding hydrogens is 489 g/mol. The van der Waals surface area contributed by atoms with Gasteiger partial charge in [0.1, 0.15) is 28.6 Å². The summed E-state index contributed by atoms with van der Waals surface area (Å²) in [6.07, 6.45) is 1.46. The molecule has 0 aliphatic rings. The lowest BCUT2D eigenvalue weighted by molar-refractivity contribution is 0.267. The van der Waals surface area contributed by atoms with Gasteiger partial charge >= 0.3 is 6.08 Å². The third-order valence-corrected chi connectivity index (χ3v) is 5.88. The van der Waals surface area contributed by atoms with Crippen LogP contribution >= 0.6 is 27.3 Å². The summed E-state index contributed by atoms with van der Waals surface area (Å²) in [5.41, 5.74) is 1.30. The molecule has 0 fully saturated rings. The zero-order valence-corrected chi connectivity index (χ0v) is 18.7. The molecule has 1 aromatic carbocycles. The van der Waals surface area contributed by atoms with Crippen molar-refractivity contribution < 1.29 is 18.8 Å². The Morgan fingerprint density at radius 2 is 2.13 bits per heavy atom. The predicted octanol–water partition coefficient (Wildman–Crippen LogP) is 4.92. The third kappa shape index (κ3) is 5.00. The Balaban J connectivity index is 1.51. The van der Waals surface area contributed by atoms with E-state index in [1.807, 2.05) is 19.1 Å². The fourth-order valence-corrected chi connectivity index (χ4v) is 4.19. The van der Waals surface area contributed by atoms with Gasteiger partial charge in [0.05, 0.1) is 17.2 Å². The molecule has 0 amide bonds. The second-order valence-corrected chi connectivity index (χ2v) is 8.31. The zero-order chi connectivity index (χ0) is 21.8. The maximum Gasteiger partial charge on any atom is 0.415 e. The van der Waals surface area contributed by atoms with Crippen molar-refractivity contribution >= 4 is 33.1 Å². The topological polar surface area (TPSA) is 106 Å². The van der Waals surface area contributed by atoms with Gasteiger partial charge in [-0.3, -0.25) is 4.52 Å². The molecule has 2 N–H and O–H groups in total. The van der Waals surface area contributed by atoms with E-state index in [4.69, 9.17) is 4.74 Å². The van der Waals surface area contributed by atoms with Gasteiger partial charge in [-0.2, -0.15) is 4.98 Å². The van der Waals surface area contributed by atoms with E-state index in [2.05, 4.69) is 45.9 Å². The normalized spacial score (nSPS) is 10.9. The monoisotopic (exact) mass is 505 g/mol. The third-order valence-electron chi connectivity index (χ3n) is 4.25. The van der Waals surface area contributed by atoms with Crippen molar-refractivity contribution in [1.82, 2.24) is 20.1 Å². The molecule has 31 heavy (non-hydrogen) atoms. The van der Waals surface area contributed by atoms with E-state index in [9.17, 15) is 9.50 Å². The van der Waals surface area contributed by atoms with Crippen LogP contribution in [0.5, 0.6) is 11.8 Å². The summed E-state index contributed by atoms with van der Waals surface area (Å²) in [6.45, 7) is 2.84. The highest BCUT2D eigenvalue weighted by Crippen LogP contribution is 2.41. The minimum atomic E-state index is -0.511. The quantitative estimate of drug-likeness (QED) is 0.347. The summed E-state index contributed by atoms with van der Waals surface area (Å²) in [5, 5.41) is 16.3. The van der Waals surface area contributed by atoms with Gasteiger partial charge in [0.2, 0.25) is 5.82 Å². The summed E-state index contributed by atoms with van der Waals surface area (Å²) in [4.78, 5) is 13.9. The van der Waals surface area contributed by atoms with E-state index in [-0.39, 0.29) is 11.6 Å². The van der Waals surface area contributed by atoms with Crippen molar-refractivity contribution in [1.29, 1.82) is 0 Å². The van der Waals surface area contributed by atoms with E-state index in [0.717, 1.165) is 4.88 Å². The van der Waals surface area contributed by atoms with Crippen LogP contribution in [-0.2, 0) is 6.42 Å². The molecule has 0 unspecified atom stereocenters. The molecule has 4 aromatic rings. The minimum Gasteiger partial charge on any atom is -0.492 e. The standard InChI is InChI=1S/C20H17BrFN5O3S/c1-2-29-15-9-16(31-18(15)19-26-20(28)30-27-19)14-8-17(25-10-24-14)23-6-5-11-3-4-12(21)7-13(11)22/h3-4,7-10H,2,5-6H2,1H3,(H,23,24,25)(H,26,27,28). The number of thiophene rings is 1. The van der Waals surface area contributed by atoms with Gasteiger partial charge in [0, 0.05) is 23.2 Å². The number of aromatic nitrogens is 4. The van der Waals surface area contributed by atoms with Gasteiger partial charge < -0.3 is 15.2 Å². The van der Waals surface area contributed by atoms with E-state index < -0.39 is 6.08 Å². The molecule has 0 aliphatic heterocycles. The van der Waals surface area contributed by atoms with Crippen LogP contribution in [0.2, 0.25) is 0 Å². The minimum absolute atomic E-state index is 0.237. The molecule has 0 spiro atoms. The maximum atomic E-state index is 14.0.